The highest BCUT2D eigenvalue weighted by molar-refractivity contribution is 7.12. The van der Waals surface area contributed by atoms with Gasteiger partial charge in [-0.05, 0) is 29.1 Å². The Morgan fingerprint density at radius 3 is 2.87 bits per heavy atom. The van der Waals surface area contributed by atoms with E-state index in [1.807, 2.05) is 35.7 Å². The van der Waals surface area contributed by atoms with Gasteiger partial charge in [0.25, 0.3) is 5.91 Å². The fraction of sp³-hybridized carbons (Fsp3) is 0.381. The molecule has 0 spiro atoms. The summed E-state index contributed by atoms with van der Waals surface area (Å²) in [5.74, 6) is 0.934. The van der Waals surface area contributed by atoms with Crippen molar-refractivity contribution < 1.29 is 23.8 Å². The van der Waals surface area contributed by atoms with Crippen LogP contribution in [0.25, 0.3) is 0 Å². The first-order valence-electron chi connectivity index (χ1n) is 9.64. The highest BCUT2D eigenvalue weighted by atomic mass is 32.1. The minimum Gasteiger partial charge on any atom is -0.454 e. The number of hydrazone groups is 1. The summed E-state index contributed by atoms with van der Waals surface area (Å²) in [4.78, 5) is 27.7. The number of fused-ring (bicyclic) bond motifs is 1. The maximum Gasteiger partial charge on any atom is 0.262 e. The number of carbonyl (C=O) groups is 2. The molecule has 0 aliphatic carbocycles. The minimum atomic E-state index is -0.277. The lowest BCUT2D eigenvalue weighted by Crippen LogP contribution is -2.41. The van der Waals surface area contributed by atoms with Gasteiger partial charge in [0.05, 0.1) is 23.2 Å². The van der Waals surface area contributed by atoms with Gasteiger partial charge >= 0.3 is 0 Å². The Balaban J connectivity index is 1.60. The average molecular weight is 429 g/mol. The first kappa shape index (κ1) is 20.4. The van der Waals surface area contributed by atoms with Crippen molar-refractivity contribution in [3.63, 3.8) is 0 Å². The van der Waals surface area contributed by atoms with Gasteiger partial charge in [0.1, 0.15) is 6.54 Å². The molecule has 4 rings (SSSR count). The van der Waals surface area contributed by atoms with E-state index in [1.165, 1.54) is 16.8 Å². The van der Waals surface area contributed by atoms with Crippen molar-refractivity contribution in [1.29, 1.82) is 0 Å². The fourth-order valence-corrected chi connectivity index (χ4v) is 4.22. The molecule has 2 aliphatic heterocycles. The molecular formula is C21H23N3O5S. The molecular weight excluding hydrogens is 406 g/mol. The molecule has 30 heavy (non-hydrogen) atoms. The van der Waals surface area contributed by atoms with Crippen LogP contribution in [0.3, 0.4) is 0 Å². The molecule has 2 amide bonds. The number of methoxy groups -OCH3 is 1. The van der Waals surface area contributed by atoms with E-state index in [1.54, 1.807) is 18.4 Å². The summed E-state index contributed by atoms with van der Waals surface area (Å²) in [6.45, 7) is 2.30. The van der Waals surface area contributed by atoms with Gasteiger partial charge in [-0.3, -0.25) is 9.59 Å². The summed E-state index contributed by atoms with van der Waals surface area (Å²) in [5, 5.41) is 8.13. The van der Waals surface area contributed by atoms with Gasteiger partial charge < -0.3 is 19.1 Å². The summed E-state index contributed by atoms with van der Waals surface area (Å²) >= 11 is 1.59. The molecule has 2 aliphatic rings. The number of nitrogens with zero attached hydrogens (tertiary/aromatic N) is 3. The van der Waals surface area contributed by atoms with Gasteiger partial charge in [0.2, 0.25) is 12.7 Å². The lowest BCUT2D eigenvalue weighted by Gasteiger charge is -2.26. The molecule has 0 saturated heterocycles. The van der Waals surface area contributed by atoms with E-state index in [0.29, 0.717) is 31.1 Å². The van der Waals surface area contributed by atoms with Crippen molar-refractivity contribution >= 4 is 28.9 Å². The topological polar surface area (TPSA) is 80.7 Å². The second-order valence-corrected chi connectivity index (χ2v) is 7.98. The highest BCUT2D eigenvalue weighted by Gasteiger charge is 2.35. The molecule has 0 radical (unpaired) electrons. The molecule has 1 unspecified atom stereocenters. The molecule has 1 aromatic carbocycles. The second kappa shape index (κ2) is 8.85. The number of hydrogen-bond donors (Lipinski definition) is 0. The monoisotopic (exact) mass is 429 g/mol. The lowest BCUT2D eigenvalue weighted by atomic mass is 10.0. The van der Waals surface area contributed by atoms with Crippen molar-refractivity contribution in [3.05, 3.63) is 46.2 Å². The van der Waals surface area contributed by atoms with E-state index in [9.17, 15) is 9.59 Å². The van der Waals surface area contributed by atoms with E-state index in [0.717, 1.165) is 16.2 Å². The first-order chi connectivity index (χ1) is 14.6. The quantitative estimate of drug-likeness (QED) is 0.676. The predicted molar refractivity (Wildman–Crippen MR) is 112 cm³/mol. The molecule has 9 heteroatoms. The van der Waals surface area contributed by atoms with Crippen LogP contribution in [0.2, 0.25) is 0 Å². The van der Waals surface area contributed by atoms with Gasteiger partial charge in [-0.2, -0.15) is 5.10 Å². The molecule has 1 atom stereocenters. The van der Waals surface area contributed by atoms with Crippen LogP contribution in [0.5, 0.6) is 11.5 Å². The number of thiophene rings is 1. The summed E-state index contributed by atoms with van der Waals surface area (Å²) in [5.41, 5.74) is 1.77. The highest BCUT2D eigenvalue weighted by Crippen LogP contribution is 2.39. The number of carbonyl (C=O) groups excluding carboxylic acids is 2. The van der Waals surface area contributed by atoms with Gasteiger partial charge in [-0.25, -0.2) is 5.01 Å². The smallest absolute Gasteiger partial charge is 0.262 e. The lowest BCUT2D eigenvalue weighted by molar-refractivity contribution is -0.141. The van der Waals surface area contributed by atoms with Crippen molar-refractivity contribution in [1.82, 2.24) is 9.91 Å². The predicted octanol–water partition coefficient (Wildman–Crippen LogP) is 2.65. The Morgan fingerprint density at radius 1 is 1.30 bits per heavy atom. The van der Waals surface area contributed by atoms with Gasteiger partial charge in [-0.1, -0.05) is 12.1 Å². The van der Waals surface area contributed by atoms with Gasteiger partial charge in [0, 0.05) is 27.0 Å². The Kier molecular flexibility index (Phi) is 6.01. The SMILES string of the molecule is COCCN(CC(=O)N1N=C(c2cccs2)CC1c1ccc2c(c1)OCO2)C(C)=O. The molecule has 1 aromatic heterocycles. The van der Waals surface area contributed by atoms with E-state index >= 15 is 0 Å². The molecule has 8 nitrogen and oxygen atoms in total. The largest absolute Gasteiger partial charge is 0.454 e. The van der Waals surface area contributed by atoms with Crippen molar-refractivity contribution in [2.75, 3.05) is 33.6 Å². The van der Waals surface area contributed by atoms with Crippen molar-refractivity contribution in [2.45, 2.75) is 19.4 Å². The minimum absolute atomic E-state index is 0.0546. The third kappa shape index (κ3) is 4.17. The Labute approximate surface area is 178 Å². The van der Waals surface area contributed by atoms with Gasteiger partial charge in [0.15, 0.2) is 11.5 Å². The number of hydrogen-bond acceptors (Lipinski definition) is 7. The van der Waals surface area contributed by atoms with E-state index < -0.39 is 0 Å². The number of benzene rings is 1. The molecule has 0 saturated carbocycles. The summed E-state index contributed by atoms with van der Waals surface area (Å²) in [6.07, 6.45) is 0.587. The molecule has 0 bridgehead atoms. The molecule has 0 fully saturated rings. The third-order valence-electron chi connectivity index (χ3n) is 5.09. The van der Waals surface area contributed by atoms with E-state index in [2.05, 4.69) is 5.10 Å². The van der Waals surface area contributed by atoms with Crippen LogP contribution in [0.4, 0.5) is 0 Å². The standard InChI is InChI=1S/C21H23N3O5S/c1-14(25)23(7-8-27-2)12-21(26)24-17(11-16(22-24)20-4-3-9-30-20)15-5-6-18-19(10-15)29-13-28-18/h3-6,9-10,17H,7-8,11-13H2,1-2H3. The van der Waals surface area contributed by atoms with Crippen molar-refractivity contribution in [2.24, 2.45) is 5.10 Å². The Morgan fingerprint density at radius 2 is 2.13 bits per heavy atom. The van der Waals surface area contributed by atoms with E-state index in [4.69, 9.17) is 14.2 Å². The number of amides is 2. The fourth-order valence-electron chi connectivity index (χ4n) is 3.50. The maximum absolute atomic E-state index is 13.2. The summed E-state index contributed by atoms with van der Waals surface area (Å²) in [7, 11) is 1.56. The van der Waals surface area contributed by atoms with Crippen LogP contribution in [-0.2, 0) is 14.3 Å². The molecule has 158 valence electrons. The van der Waals surface area contributed by atoms with Crippen LogP contribution < -0.4 is 9.47 Å². The van der Waals surface area contributed by atoms with Crippen LogP contribution in [0.15, 0.2) is 40.8 Å². The zero-order chi connectivity index (χ0) is 21.1. The Bertz CT molecular complexity index is 960. The number of ether oxygens (including phenoxy) is 3. The molecule has 2 aromatic rings. The van der Waals surface area contributed by atoms with E-state index in [-0.39, 0.29) is 31.2 Å². The first-order valence-corrected chi connectivity index (χ1v) is 10.5. The number of rotatable bonds is 7. The zero-order valence-corrected chi connectivity index (χ0v) is 17.7. The summed E-state index contributed by atoms with van der Waals surface area (Å²) in [6, 6.07) is 9.36. The molecule has 0 N–H and O–H groups in total. The molecule has 3 heterocycles. The summed E-state index contributed by atoms with van der Waals surface area (Å²) < 4.78 is 16.0. The maximum atomic E-state index is 13.2. The van der Waals surface area contributed by atoms with Crippen molar-refractivity contribution in [3.8, 4) is 11.5 Å². The van der Waals surface area contributed by atoms with Crippen LogP contribution in [0, 0.1) is 0 Å². The van der Waals surface area contributed by atoms with Gasteiger partial charge in [-0.15, -0.1) is 11.3 Å². The third-order valence-corrected chi connectivity index (χ3v) is 6.01. The zero-order valence-electron chi connectivity index (χ0n) is 16.9. The Hall–Kier alpha value is -2.91. The van der Waals surface area contributed by atoms with Crippen LogP contribution in [0.1, 0.15) is 29.8 Å². The second-order valence-electron chi connectivity index (χ2n) is 7.03. The van der Waals surface area contributed by atoms with Crippen LogP contribution >= 0.6 is 11.3 Å². The average Bonchev–Trinajstić information content (AvgIpc) is 3.49. The normalized spacial score (nSPS) is 17.2. The van der Waals surface area contributed by atoms with Crippen LogP contribution in [-0.4, -0.2) is 61.0 Å².